The molecule has 0 unspecified atom stereocenters. The molecular formula is C25H31FN4O. The standard InChI is InChI=1S/C25H31FN4O/c1-15-11-21-18(12-19(15)26)22(24(27)31)23(30(21)17-7-5-6-8-17)20-10-9-16(13-28-20)14-29-25(2,3)4/h9-13,17,29H,5-8,14H2,1-4H3,(H2,27,31). The van der Waals surface area contributed by atoms with Crippen LogP contribution in [0.5, 0.6) is 0 Å². The van der Waals surface area contributed by atoms with Crippen LogP contribution in [0.25, 0.3) is 22.3 Å². The van der Waals surface area contributed by atoms with Crippen molar-refractivity contribution >= 4 is 16.8 Å². The molecule has 0 radical (unpaired) electrons. The maximum Gasteiger partial charge on any atom is 0.251 e. The zero-order valence-electron chi connectivity index (χ0n) is 18.8. The third-order valence-electron chi connectivity index (χ3n) is 6.11. The molecule has 1 aliphatic carbocycles. The Morgan fingerprint density at radius 1 is 1.26 bits per heavy atom. The number of nitrogens with one attached hydrogen (secondary N) is 1. The Kier molecular flexibility index (Phi) is 5.60. The number of nitrogens with two attached hydrogens (primary N) is 1. The van der Waals surface area contributed by atoms with E-state index in [9.17, 15) is 9.18 Å². The normalized spacial score (nSPS) is 15.1. The molecule has 1 amide bonds. The number of fused-ring (bicyclic) bond motifs is 1. The van der Waals surface area contributed by atoms with Gasteiger partial charge in [0.2, 0.25) is 0 Å². The summed E-state index contributed by atoms with van der Waals surface area (Å²) in [6.07, 6.45) is 6.17. The summed E-state index contributed by atoms with van der Waals surface area (Å²) >= 11 is 0. The van der Waals surface area contributed by atoms with E-state index in [2.05, 4.69) is 30.7 Å². The third-order valence-corrected chi connectivity index (χ3v) is 6.11. The lowest BCUT2D eigenvalue weighted by Crippen LogP contribution is -2.35. The van der Waals surface area contributed by atoms with Gasteiger partial charge in [0.25, 0.3) is 5.91 Å². The van der Waals surface area contributed by atoms with Crippen molar-refractivity contribution in [1.29, 1.82) is 0 Å². The number of carbonyl (C=O) groups is 1. The highest BCUT2D eigenvalue weighted by atomic mass is 19.1. The molecule has 0 bridgehead atoms. The van der Waals surface area contributed by atoms with Crippen LogP contribution in [0.3, 0.4) is 0 Å². The summed E-state index contributed by atoms with van der Waals surface area (Å²) in [6.45, 7) is 8.81. The van der Waals surface area contributed by atoms with Crippen LogP contribution in [0.15, 0.2) is 30.5 Å². The predicted molar refractivity (Wildman–Crippen MR) is 122 cm³/mol. The number of primary amides is 1. The Morgan fingerprint density at radius 3 is 2.55 bits per heavy atom. The molecule has 2 aromatic heterocycles. The number of amides is 1. The van der Waals surface area contributed by atoms with E-state index in [1.54, 1.807) is 6.92 Å². The number of nitrogens with zero attached hydrogens (tertiary/aromatic N) is 2. The van der Waals surface area contributed by atoms with Gasteiger partial charge in [0.05, 0.1) is 22.5 Å². The largest absolute Gasteiger partial charge is 0.366 e. The fourth-order valence-corrected chi connectivity index (χ4v) is 4.51. The number of rotatable bonds is 5. The first-order chi connectivity index (χ1) is 14.7. The van der Waals surface area contributed by atoms with Crippen LogP contribution in [0.1, 0.15) is 74.0 Å². The highest BCUT2D eigenvalue weighted by molar-refractivity contribution is 6.12. The molecule has 0 aliphatic heterocycles. The molecule has 1 aromatic carbocycles. The minimum absolute atomic E-state index is 0.00857. The van der Waals surface area contributed by atoms with Gasteiger partial charge in [-0.2, -0.15) is 0 Å². The predicted octanol–water partition coefficient (Wildman–Crippen LogP) is 5.25. The number of aromatic nitrogens is 2. The molecule has 6 heteroatoms. The molecule has 0 saturated heterocycles. The number of pyridine rings is 1. The molecule has 2 heterocycles. The van der Waals surface area contributed by atoms with Crippen LogP contribution < -0.4 is 11.1 Å². The SMILES string of the molecule is Cc1cc2c(cc1F)c(C(N)=O)c(-c1ccc(CNC(C)(C)C)cn1)n2C1CCCC1. The highest BCUT2D eigenvalue weighted by Gasteiger charge is 2.29. The fourth-order valence-electron chi connectivity index (χ4n) is 4.51. The minimum atomic E-state index is -0.555. The van der Waals surface area contributed by atoms with Crippen molar-refractivity contribution in [1.82, 2.24) is 14.9 Å². The lowest BCUT2D eigenvalue weighted by Gasteiger charge is -2.21. The summed E-state index contributed by atoms with van der Waals surface area (Å²) in [7, 11) is 0. The summed E-state index contributed by atoms with van der Waals surface area (Å²) < 4.78 is 16.6. The van der Waals surface area contributed by atoms with Crippen molar-refractivity contribution in [2.24, 2.45) is 5.73 Å². The second kappa shape index (κ2) is 8.08. The molecule has 1 fully saturated rings. The first-order valence-corrected chi connectivity index (χ1v) is 11.0. The van der Waals surface area contributed by atoms with E-state index < -0.39 is 5.91 Å². The number of carbonyl (C=O) groups excluding carboxylic acids is 1. The van der Waals surface area contributed by atoms with Crippen LogP contribution >= 0.6 is 0 Å². The first kappa shape index (κ1) is 21.5. The summed E-state index contributed by atoms with van der Waals surface area (Å²) in [5.74, 6) is -0.887. The minimum Gasteiger partial charge on any atom is -0.366 e. The summed E-state index contributed by atoms with van der Waals surface area (Å²) in [6, 6.07) is 7.49. The average Bonchev–Trinajstić information content (AvgIpc) is 3.32. The Morgan fingerprint density at radius 2 is 1.97 bits per heavy atom. The highest BCUT2D eigenvalue weighted by Crippen LogP contribution is 2.41. The number of hydrogen-bond acceptors (Lipinski definition) is 3. The maximum atomic E-state index is 14.5. The quantitative estimate of drug-likeness (QED) is 0.590. The zero-order valence-corrected chi connectivity index (χ0v) is 18.8. The number of aryl methyl sites for hydroxylation is 1. The molecular weight excluding hydrogens is 391 g/mol. The van der Waals surface area contributed by atoms with Gasteiger partial charge < -0.3 is 15.6 Å². The van der Waals surface area contributed by atoms with Gasteiger partial charge >= 0.3 is 0 Å². The molecule has 1 saturated carbocycles. The Balaban J connectivity index is 1.89. The van der Waals surface area contributed by atoms with Crippen molar-refractivity contribution < 1.29 is 9.18 Å². The topological polar surface area (TPSA) is 72.9 Å². The summed E-state index contributed by atoms with van der Waals surface area (Å²) in [5, 5.41) is 4.02. The third kappa shape index (κ3) is 4.22. The molecule has 1 aliphatic rings. The van der Waals surface area contributed by atoms with Gasteiger partial charge in [0.15, 0.2) is 0 Å². The van der Waals surface area contributed by atoms with Crippen LogP contribution in [0, 0.1) is 12.7 Å². The molecule has 4 rings (SSSR count). The lowest BCUT2D eigenvalue weighted by molar-refractivity contribution is 0.100. The lowest BCUT2D eigenvalue weighted by atomic mass is 10.1. The zero-order chi connectivity index (χ0) is 22.3. The van der Waals surface area contributed by atoms with Crippen LogP contribution in [0.4, 0.5) is 4.39 Å². The molecule has 3 aromatic rings. The molecule has 5 nitrogen and oxygen atoms in total. The van der Waals surface area contributed by atoms with E-state index in [4.69, 9.17) is 10.7 Å². The van der Waals surface area contributed by atoms with E-state index in [0.29, 0.717) is 34.4 Å². The van der Waals surface area contributed by atoms with Crippen molar-refractivity contribution in [3.05, 3.63) is 53.0 Å². The van der Waals surface area contributed by atoms with E-state index in [0.717, 1.165) is 36.8 Å². The first-order valence-electron chi connectivity index (χ1n) is 11.0. The van der Waals surface area contributed by atoms with Gasteiger partial charge in [-0.3, -0.25) is 9.78 Å². The number of benzene rings is 1. The van der Waals surface area contributed by atoms with E-state index >= 15 is 0 Å². The van der Waals surface area contributed by atoms with Gasteiger partial charge in [0, 0.05) is 29.7 Å². The van der Waals surface area contributed by atoms with Crippen molar-refractivity contribution in [3.8, 4) is 11.4 Å². The number of halogens is 1. The Labute approximate surface area is 182 Å². The monoisotopic (exact) mass is 422 g/mol. The Bertz CT molecular complexity index is 1120. The van der Waals surface area contributed by atoms with Gasteiger partial charge in [-0.25, -0.2) is 4.39 Å². The molecule has 0 spiro atoms. The molecule has 164 valence electrons. The average molecular weight is 423 g/mol. The van der Waals surface area contributed by atoms with Gasteiger partial charge in [0.1, 0.15) is 5.82 Å². The molecule has 31 heavy (non-hydrogen) atoms. The van der Waals surface area contributed by atoms with Crippen molar-refractivity contribution in [2.45, 2.75) is 71.5 Å². The van der Waals surface area contributed by atoms with Gasteiger partial charge in [-0.05, 0) is 69.9 Å². The van der Waals surface area contributed by atoms with Gasteiger partial charge in [-0.15, -0.1) is 0 Å². The number of hydrogen-bond donors (Lipinski definition) is 2. The van der Waals surface area contributed by atoms with Crippen LogP contribution in [-0.4, -0.2) is 21.0 Å². The van der Waals surface area contributed by atoms with Crippen molar-refractivity contribution in [3.63, 3.8) is 0 Å². The summed E-state index contributed by atoms with van der Waals surface area (Å²) in [4.78, 5) is 17.3. The van der Waals surface area contributed by atoms with Crippen molar-refractivity contribution in [2.75, 3.05) is 0 Å². The van der Waals surface area contributed by atoms with E-state index in [1.165, 1.54) is 6.07 Å². The molecule has 3 N–H and O–H groups in total. The smallest absolute Gasteiger partial charge is 0.251 e. The van der Waals surface area contributed by atoms with Crippen LogP contribution in [-0.2, 0) is 6.54 Å². The summed E-state index contributed by atoms with van der Waals surface area (Å²) in [5.41, 5.74) is 10.1. The second-order valence-corrected chi connectivity index (χ2v) is 9.67. The van der Waals surface area contributed by atoms with E-state index in [-0.39, 0.29) is 17.4 Å². The van der Waals surface area contributed by atoms with Gasteiger partial charge in [-0.1, -0.05) is 18.9 Å². The fraction of sp³-hybridized carbons (Fsp3) is 0.440. The Hall–Kier alpha value is -2.73. The van der Waals surface area contributed by atoms with E-state index in [1.807, 2.05) is 24.4 Å². The second-order valence-electron chi connectivity index (χ2n) is 9.67. The molecule has 0 atom stereocenters. The maximum absolute atomic E-state index is 14.5. The van der Waals surface area contributed by atoms with Crippen LogP contribution in [0.2, 0.25) is 0 Å².